The van der Waals surface area contributed by atoms with Gasteiger partial charge in [0.1, 0.15) is 6.54 Å². The molecule has 10 heteroatoms. The minimum absolute atomic E-state index is 0.0705. The van der Waals surface area contributed by atoms with Gasteiger partial charge in [0.05, 0.1) is 10.6 Å². The number of benzene rings is 2. The first-order valence-corrected chi connectivity index (χ1v) is 11.3. The Bertz CT molecular complexity index is 961. The van der Waals surface area contributed by atoms with E-state index in [1.165, 1.54) is 36.4 Å². The van der Waals surface area contributed by atoms with Crippen molar-refractivity contribution in [1.29, 1.82) is 0 Å². The van der Waals surface area contributed by atoms with E-state index in [9.17, 15) is 23.1 Å². The second-order valence-corrected chi connectivity index (χ2v) is 9.65. The van der Waals surface area contributed by atoms with Crippen LogP contribution in [0.15, 0.2) is 53.4 Å². The zero-order valence-corrected chi connectivity index (χ0v) is 18.6. The molecule has 0 aliphatic rings. The highest BCUT2D eigenvalue weighted by molar-refractivity contribution is 9.09. The lowest BCUT2D eigenvalue weighted by atomic mass is 10.1. The molecule has 0 aliphatic carbocycles. The summed E-state index contributed by atoms with van der Waals surface area (Å²) >= 11 is 8.93. The molecule has 7 nitrogen and oxygen atoms in total. The Morgan fingerprint density at radius 1 is 1.14 bits per heavy atom. The van der Waals surface area contributed by atoms with Crippen LogP contribution in [0.25, 0.3) is 0 Å². The minimum Gasteiger partial charge on any atom is -0.480 e. The monoisotopic (exact) mass is 503 g/mol. The van der Waals surface area contributed by atoms with Crippen molar-refractivity contribution in [2.24, 2.45) is 0 Å². The first kappa shape index (κ1) is 23.2. The number of esters is 1. The molecule has 1 N–H and O–H groups in total. The van der Waals surface area contributed by atoms with Crippen LogP contribution in [-0.4, -0.2) is 37.0 Å². The molecule has 29 heavy (non-hydrogen) atoms. The highest BCUT2D eigenvalue weighted by Gasteiger charge is 2.27. The Morgan fingerprint density at radius 2 is 1.72 bits per heavy atom. The number of hydrogen-bond donors (Lipinski definition) is 1. The number of anilines is 1. The smallest absolute Gasteiger partial charge is 0.324 e. The average Bonchev–Trinajstić information content (AvgIpc) is 2.64. The van der Waals surface area contributed by atoms with Gasteiger partial charge in [0.15, 0.2) is 5.01 Å². The molecule has 0 spiro atoms. The van der Waals surface area contributed by atoms with Gasteiger partial charge in [-0.15, -0.1) is 0 Å². The summed E-state index contributed by atoms with van der Waals surface area (Å²) in [6.45, 7) is 0.949. The summed E-state index contributed by atoms with van der Waals surface area (Å²) in [6, 6.07) is 11.8. The van der Waals surface area contributed by atoms with Gasteiger partial charge in [0, 0.05) is 11.4 Å². The lowest BCUT2D eigenvalue weighted by molar-refractivity contribution is -0.144. The molecule has 1 unspecified atom stereocenters. The van der Waals surface area contributed by atoms with E-state index in [0.717, 1.165) is 9.87 Å². The molecule has 0 aliphatic heterocycles. The molecule has 2 aromatic carbocycles. The number of aryl methyl sites for hydroxylation is 1. The van der Waals surface area contributed by atoms with Crippen molar-refractivity contribution in [3.05, 3.63) is 59.1 Å². The molecule has 0 aromatic heterocycles. The van der Waals surface area contributed by atoms with Gasteiger partial charge in [-0.1, -0.05) is 23.7 Å². The summed E-state index contributed by atoms with van der Waals surface area (Å²) in [5.74, 6) is -1.66. The molecular weight excluding hydrogens is 486 g/mol. The van der Waals surface area contributed by atoms with E-state index >= 15 is 0 Å². The average molecular weight is 505 g/mol. The quantitative estimate of drug-likeness (QED) is 0.411. The number of hydrogen-bond acceptors (Lipinski definition) is 5. The number of sulfonamides is 1. The molecule has 0 saturated carbocycles. The summed E-state index contributed by atoms with van der Waals surface area (Å²) in [5.41, 5.74) is 0.981. The van der Waals surface area contributed by atoms with E-state index < -0.39 is 22.5 Å². The Kier molecular flexibility index (Phi) is 8.06. The zero-order valence-electron chi connectivity index (χ0n) is 15.4. The fourth-order valence-corrected chi connectivity index (χ4v) is 4.24. The van der Waals surface area contributed by atoms with Gasteiger partial charge in [-0.3, -0.25) is 13.9 Å². The fraction of sp³-hybridized carbons (Fsp3) is 0.263. The van der Waals surface area contributed by atoms with Gasteiger partial charge in [0.25, 0.3) is 10.0 Å². The summed E-state index contributed by atoms with van der Waals surface area (Å²) in [4.78, 5) is 22.8. The Balaban J connectivity index is 2.23. The number of halogens is 2. The van der Waals surface area contributed by atoms with Crippen LogP contribution in [-0.2, 0) is 30.8 Å². The third-order valence-electron chi connectivity index (χ3n) is 3.82. The minimum atomic E-state index is -4.10. The lowest BCUT2D eigenvalue weighted by Crippen LogP contribution is -2.35. The van der Waals surface area contributed by atoms with Gasteiger partial charge >= 0.3 is 11.9 Å². The predicted octanol–water partition coefficient (Wildman–Crippen LogP) is 3.84. The van der Waals surface area contributed by atoms with Crippen LogP contribution >= 0.6 is 27.5 Å². The first-order chi connectivity index (χ1) is 13.6. The predicted molar refractivity (Wildman–Crippen MR) is 113 cm³/mol. The van der Waals surface area contributed by atoms with Crippen molar-refractivity contribution in [3.8, 4) is 0 Å². The standard InChI is InChI=1S/C19H19BrClNO6S/c1-13(20)28-19(25)11-4-14-2-7-16(8-3-14)22(12-18(23)24)29(26,27)17-9-5-15(21)6-10-17/h2-3,5-10,13H,4,11-12H2,1H3,(H,23,24). The van der Waals surface area contributed by atoms with E-state index in [-0.39, 0.29) is 28.0 Å². The zero-order chi connectivity index (χ0) is 21.6. The Labute approximate surface area is 182 Å². The van der Waals surface area contributed by atoms with Gasteiger partial charge in [-0.25, -0.2) is 8.42 Å². The third kappa shape index (κ3) is 6.73. The Morgan fingerprint density at radius 3 is 2.24 bits per heavy atom. The highest BCUT2D eigenvalue weighted by Crippen LogP contribution is 2.25. The number of carbonyl (C=O) groups is 2. The SMILES string of the molecule is CC(Br)OC(=O)CCc1ccc(N(CC(=O)O)S(=O)(=O)c2ccc(Cl)cc2)cc1. The summed E-state index contributed by atoms with van der Waals surface area (Å²) in [6.07, 6.45) is 0.568. The van der Waals surface area contributed by atoms with Crippen LogP contribution in [0.1, 0.15) is 18.9 Å². The van der Waals surface area contributed by atoms with Crippen molar-refractivity contribution in [3.63, 3.8) is 0 Å². The Hall–Kier alpha value is -2.10. The largest absolute Gasteiger partial charge is 0.480 e. The number of rotatable bonds is 9. The van der Waals surface area contributed by atoms with E-state index in [4.69, 9.17) is 16.3 Å². The molecule has 0 bridgehead atoms. The number of carboxylic acids is 1. The van der Waals surface area contributed by atoms with Gasteiger partial charge in [-0.05, 0) is 71.2 Å². The second-order valence-electron chi connectivity index (χ2n) is 6.06. The van der Waals surface area contributed by atoms with Crippen LogP contribution in [0, 0.1) is 0 Å². The molecule has 2 aromatic rings. The van der Waals surface area contributed by atoms with Gasteiger partial charge < -0.3 is 9.84 Å². The van der Waals surface area contributed by atoms with Crippen LogP contribution in [0.3, 0.4) is 0 Å². The number of nitrogens with zero attached hydrogens (tertiary/aromatic N) is 1. The van der Waals surface area contributed by atoms with E-state index in [2.05, 4.69) is 15.9 Å². The van der Waals surface area contributed by atoms with Crippen LogP contribution in [0.2, 0.25) is 5.02 Å². The molecule has 0 amide bonds. The molecule has 0 heterocycles. The molecule has 0 radical (unpaired) electrons. The first-order valence-electron chi connectivity index (χ1n) is 8.52. The van der Waals surface area contributed by atoms with Crippen LogP contribution in [0.4, 0.5) is 5.69 Å². The van der Waals surface area contributed by atoms with E-state index in [1.54, 1.807) is 19.1 Å². The van der Waals surface area contributed by atoms with E-state index in [1.807, 2.05) is 0 Å². The number of carbonyl (C=O) groups excluding carboxylic acids is 1. The van der Waals surface area contributed by atoms with Crippen molar-refractivity contribution in [2.45, 2.75) is 29.7 Å². The van der Waals surface area contributed by atoms with Crippen molar-refractivity contribution >= 4 is 55.2 Å². The summed E-state index contributed by atoms with van der Waals surface area (Å²) in [5, 5.41) is 9.18. The number of aliphatic carboxylic acids is 1. The summed E-state index contributed by atoms with van der Waals surface area (Å²) in [7, 11) is -4.10. The maximum absolute atomic E-state index is 12.9. The molecule has 0 fully saturated rings. The molecule has 156 valence electrons. The van der Waals surface area contributed by atoms with Crippen LogP contribution < -0.4 is 4.31 Å². The van der Waals surface area contributed by atoms with Crippen molar-refractivity contribution in [1.82, 2.24) is 0 Å². The maximum Gasteiger partial charge on any atom is 0.324 e. The normalized spacial score (nSPS) is 12.2. The van der Waals surface area contributed by atoms with Crippen molar-refractivity contribution < 1.29 is 27.9 Å². The van der Waals surface area contributed by atoms with E-state index in [0.29, 0.717) is 11.4 Å². The van der Waals surface area contributed by atoms with Crippen LogP contribution in [0.5, 0.6) is 0 Å². The maximum atomic E-state index is 12.9. The number of ether oxygens (including phenoxy) is 1. The fourth-order valence-electron chi connectivity index (χ4n) is 2.49. The molecule has 2 rings (SSSR count). The van der Waals surface area contributed by atoms with Gasteiger partial charge in [0.2, 0.25) is 0 Å². The molecular formula is C19H19BrClNO6S. The number of alkyl halides is 1. The topological polar surface area (TPSA) is 101 Å². The third-order valence-corrected chi connectivity index (χ3v) is 6.04. The molecule has 0 saturated heterocycles. The van der Waals surface area contributed by atoms with Crippen molar-refractivity contribution in [2.75, 3.05) is 10.8 Å². The lowest BCUT2D eigenvalue weighted by Gasteiger charge is -2.23. The number of carboxylic acid groups (broad SMARTS) is 1. The second kappa shape index (κ2) is 10.1. The summed E-state index contributed by atoms with van der Waals surface area (Å²) < 4.78 is 31.7. The molecule has 1 atom stereocenters. The van der Waals surface area contributed by atoms with Gasteiger partial charge in [-0.2, -0.15) is 0 Å². The highest BCUT2D eigenvalue weighted by atomic mass is 79.9.